The molecular formula is C29H56N2O4. The Morgan fingerprint density at radius 1 is 0.686 bits per heavy atom. The quantitative estimate of drug-likeness (QED) is 0.150. The van der Waals surface area contributed by atoms with Crippen molar-refractivity contribution in [1.29, 1.82) is 0 Å². The van der Waals surface area contributed by atoms with E-state index in [0.717, 1.165) is 19.3 Å². The Morgan fingerprint density at radius 3 is 1.51 bits per heavy atom. The Bertz CT molecular complexity index is 553. The SMILES string of the molecule is CCCCCCCCCCCCCCCC(=O)N[C@@H](CCC(=O)O)C(=O)N(CC(C)C)CC(C)C. The van der Waals surface area contributed by atoms with Crippen LogP contribution >= 0.6 is 0 Å². The number of nitrogens with zero attached hydrogens (tertiary/aromatic N) is 1. The van der Waals surface area contributed by atoms with Crippen LogP contribution in [0.4, 0.5) is 0 Å². The lowest BCUT2D eigenvalue weighted by atomic mass is 10.0. The van der Waals surface area contributed by atoms with Crippen LogP contribution in [-0.2, 0) is 14.4 Å². The Balaban J connectivity index is 4.29. The highest BCUT2D eigenvalue weighted by atomic mass is 16.4. The molecule has 206 valence electrons. The van der Waals surface area contributed by atoms with Gasteiger partial charge in [-0.2, -0.15) is 0 Å². The number of unbranched alkanes of at least 4 members (excludes halogenated alkanes) is 12. The van der Waals surface area contributed by atoms with Crippen molar-refractivity contribution in [2.75, 3.05) is 13.1 Å². The fourth-order valence-corrected chi connectivity index (χ4v) is 4.45. The smallest absolute Gasteiger partial charge is 0.303 e. The number of aliphatic carboxylic acids is 1. The highest BCUT2D eigenvalue weighted by Crippen LogP contribution is 2.14. The summed E-state index contributed by atoms with van der Waals surface area (Å²) < 4.78 is 0. The summed E-state index contributed by atoms with van der Waals surface area (Å²) in [4.78, 5) is 38.6. The molecule has 0 bridgehead atoms. The minimum Gasteiger partial charge on any atom is -0.481 e. The number of carboxylic acids is 1. The summed E-state index contributed by atoms with van der Waals surface area (Å²) >= 11 is 0. The lowest BCUT2D eigenvalue weighted by Crippen LogP contribution is -2.50. The van der Waals surface area contributed by atoms with E-state index < -0.39 is 12.0 Å². The summed E-state index contributed by atoms with van der Waals surface area (Å²) in [5, 5.41) is 12.0. The lowest BCUT2D eigenvalue weighted by molar-refractivity contribution is -0.140. The van der Waals surface area contributed by atoms with Crippen molar-refractivity contribution >= 4 is 17.8 Å². The maximum atomic E-state index is 13.2. The molecule has 0 aliphatic carbocycles. The van der Waals surface area contributed by atoms with Crippen molar-refractivity contribution in [3.63, 3.8) is 0 Å². The van der Waals surface area contributed by atoms with Gasteiger partial charge in [0.2, 0.25) is 11.8 Å². The molecule has 0 aliphatic heterocycles. The van der Waals surface area contributed by atoms with E-state index in [4.69, 9.17) is 5.11 Å². The van der Waals surface area contributed by atoms with Crippen LogP contribution < -0.4 is 5.32 Å². The van der Waals surface area contributed by atoms with E-state index in [9.17, 15) is 14.4 Å². The second-order valence-corrected chi connectivity index (χ2v) is 11.1. The van der Waals surface area contributed by atoms with Crippen LogP contribution in [0.3, 0.4) is 0 Å². The topological polar surface area (TPSA) is 86.7 Å². The van der Waals surface area contributed by atoms with Crippen LogP contribution in [0.5, 0.6) is 0 Å². The molecule has 2 amide bonds. The van der Waals surface area contributed by atoms with E-state index in [1.54, 1.807) is 4.90 Å². The van der Waals surface area contributed by atoms with Crippen LogP contribution in [0.2, 0.25) is 0 Å². The third kappa shape index (κ3) is 20.3. The molecule has 2 N–H and O–H groups in total. The van der Waals surface area contributed by atoms with Crippen molar-refractivity contribution < 1.29 is 19.5 Å². The van der Waals surface area contributed by atoms with Gasteiger partial charge in [0.05, 0.1) is 0 Å². The van der Waals surface area contributed by atoms with Gasteiger partial charge < -0.3 is 15.3 Å². The number of amides is 2. The van der Waals surface area contributed by atoms with E-state index >= 15 is 0 Å². The van der Waals surface area contributed by atoms with Gasteiger partial charge in [0.1, 0.15) is 6.04 Å². The molecule has 0 unspecified atom stereocenters. The molecule has 35 heavy (non-hydrogen) atoms. The van der Waals surface area contributed by atoms with E-state index in [0.29, 0.717) is 31.3 Å². The third-order valence-corrected chi connectivity index (χ3v) is 6.27. The molecule has 0 aromatic heterocycles. The average molecular weight is 497 g/mol. The molecule has 0 radical (unpaired) electrons. The molecule has 6 nitrogen and oxygen atoms in total. The molecule has 0 aliphatic rings. The zero-order valence-corrected chi connectivity index (χ0v) is 23.6. The minimum atomic E-state index is -0.951. The summed E-state index contributed by atoms with van der Waals surface area (Å²) in [6, 6.07) is -0.766. The second kappa shape index (κ2) is 21.7. The maximum absolute atomic E-state index is 13.2. The van der Waals surface area contributed by atoms with Gasteiger partial charge >= 0.3 is 5.97 Å². The molecule has 0 fully saturated rings. The van der Waals surface area contributed by atoms with Gasteiger partial charge in [-0.25, -0.2) is 0 Å². The summed E-state index contributed by atoms with van der Waals surface area (Å²) in [5.74, 6) is -0.648. The zero-order valence-electron chi connectivity index (χ0n) is 23.6. The highest BCUT2D eigenvalue weighted by Gasteiger charge is 2.27. The van der Waals surface area contributed by atoms with Crippen molar-refractivity contribution in [1.82, 2.24) is 10.2 Å². The van der Waals surface area contributed by atoms with Crippen molar-refractivity contribution in [3.05, 3.63) is 0 Å². The standard InChI is InChI=1S/C29H56N2O4/c1-6-7-8-9-10-11-12-13-14-15-16-17-18-19-27(32)30-26(20-21-28(33)34)29(35)31(22-24(2)3)23-25(4)5/h24-26H,6-23H2,1-5H3,(H,30,32)(H,33,34)/t26-/m0/s1. The van der Waals surface area contributed by atoms with Gasteiger partial charge in [-0.05, 0) is 24.7 Å². The van der Waals surface area contributed by atoms with Crippen molar-refractivity contribution in [2.45, 2.75) is 143 Å². The first-order chi connectivity index (χ1) is 16.7. The fourth-order valence-electron chi connectivity index (χ4n) is 4.45. The molecule has 0 spiro atoms. The van der Waals surface area contributed by atoms with E-state index in [1.165, 1.54) is 64.2 Å². The third-order valence-electron chi connectivity index (χ3n) is 6.27. The van der Waals surface area contributed by atoms with Crippen LogP contribution in [0.15, 0.2) is 0 Å². The van der Waals surface area contributed by atoms with Gasteiger partial charge in [-0.3, -0.25) is 14.4 Å². The molecule has 0 heterocycles. The summed E-state index contributed by atoms with van der Waals surface area (Å²) in [5.41, 5.74) is 0. The monoisotopic (exact) mass is 496 g/mol. The molecule has 0 aromatic rings. The summed E-state index contributed by atoms with van der Waals surface area (Å²) in [6.07, 6.45) is 16.7. The first-order valence-electron chi connectivity index (χ1n) is 14.5. The Hall–Kier alpha value is -1.59. The summed E-state index contributed by atoms with van der Waals surface area (Å²) in [7, 11) is 0. The highest BCUT2D eigenvalue weighted by molar-refractivity contribution is 5.88. The van der Waals surface area contributed by atoms with E-state index in [1.807, 2.05) is 0 Å². The van der Waals surface area contributed by atoms with E-state index in [-0.39, 0.29) is 24.7 Å². The largest absolute Gasteiger partial charge is 0.481 e. The molecule has 1 atom stereocenters. The number of carboxylic acid groups (broad SMARTS) is 1. The van der Waals surface area contributed by atoms with Gasteiger partial charge in [0, 0.05) is 25.9 Å². The van der Waals surface area contributed by atoms with E-state index in [2.05, 4.69) is 39.9 Å². The number of hydrogen-bond acceptors (Lipinski definition) is 3. The summed E-state index contributed by atoms with van der Waals surface area (Å²) in [6.45, 7) is 11.7. The Labute approximate surface area is 216 Å². The molecule has 0 rings (SSSR count). The Kier molecular flexibility index (Phi) is 20.7. The molecule has 0 aromatic carbocycles. The second-order valence-electron chi connectivity index (χ2n) is 11.1. The van der Waals surface area contributed by atoms with Crippen LogP contribution in [0.1, 0.15) is 137 Å². The van der Waals surface area contributed by atoms with Crippen LogP contribution in [0.25, 0.3) is 0 Å². The first-order valence-corrected chi connectivity index (χ1v) is 14.5. The van der Waals surface area contributed by atoms with Gasteiger partial charge in [0.25, 0.3) is 0 Å². The predicted octanol–water partition coefficient (Wildman–Crippen LogP) is 6.96. The first kappa shape index (κ1) is 33.4. The minimum absolute atomic E-state index is 0.130. The normalized spacial score (nSPS) is 12.2. The zero-order chi connectivity index (χ0) is 26.5. The van der Waals surface area contributed by atoms with Gasteiger partial charge in [-0.1, -0.05) is 112 Å². The average Bonchev–Trinajstić information content (AvgIpc) is 2.78. The number of hydrogen-bond donors (Lipinski definition) is 2. The van der Waals surface area contributed by atoms with Gasteiger partial charge in [0.15, 0.2) is 0 Å². The van der Waals surface area contributed by atoms with Crippen molar-refractivity contribution in [2.24, 2.45) is 11.8 Å². The molecular weight excluding hydrogens is 440 g/mol. The molecule has 0 saturated carbocycles. The number of nitrogens with one attached hydrogen (secondary N) is 1. The Morgan fingerprint density at radius 2 is 1.11 bits per heavy atom. The number of carbonyl (C=O) groups is 3. The fraction of sp³-hybridized carbons (Fsp3) is 0.897. The molecule has 6 heteroatoms. The predicted molar refractivity (Wildman–Crippen MR) is 145 cm³/mol. The lowest BCUT2D eigenvalue weighted by Gasteiger charge is -2.30. The number of carbonyl (C=O) groups excluding carboxylic acids is 2. The van der Waals surface area contributed by atoms with Gasteiger partial charge in [-0.15, -0.1) is 0 Å². The van der Waals surface area contributed by atoms with Crippen LogP contribution in [-0.4, -0.2) is 46.9 Å². The van der Waals surface area contributed by atoms with Crippen LogP contribution in [0, 0.1) is 11.8 Å². The maximum Gasteiger partial charge on any atom is 0.303 e. The number of rotatable bonds is 23. The van der Waals surface area contributed by atoms with Crippen molar-refractivity contribution in [3.8, 4) is 0 Å². The molecule has 0 saturated heterocycles.